The predicted octanol–water partition coefficient (Wildman–Crippen LogP) is 3.01. The van der Waals surface area contributed by atoms with Crippen LogP contribution in [0.2, 0.25) is 0 Å². The molecule has 108 valence electrons. The molecule has 2 N–H and O–H groups in total. The van der Waals surface area contributed by atoms with E-state index >= 15 is 0 Å². The monoisotopic (exact) mass is 290 g/mol. The highest BCUT2D eigenvalue weighted by molar-refractivity contribution is 7.17. The minimum absolute atomic E-state index is 0.276. The molecule has 0 radical (unpaired) electrons. The summed E-state index contributed by atoms with van der Waals surface area (Å²) in [5, 5.41) is 3.62. The number of morpholine rings is 1. The van der Waals surface area contributed by atoms with Crippen molar-refractivity contribution in [3.63, 3.8) is 0 Å². The lowest BCUT2D eigenvalue weighted by atomic mass is 10.0. The summed E-state index contributed by atoms with van der Waals surface area (Å²) in [4.78, 5) is 2.48. The molecule has 2 heterocycles. The predicted molar refractivity (Wildman–Crippen MR) is 85.2 cm³/mol. The van der Waals surface area contributed by atoms with E-state index in [9.17, 15) is 0 Å². The summed E-state index contributed by atoms with van der Waals surface area (Å²) in [5.41, 5.74) is 7.47. The second kappa shape index (κ2) is 5.82. The fraction of sp³-hybridized carbons (Fsp3) is 0.500. The summed E-state index contributed by atoms with van der Waals surface area (Å²) in [6.45, 7) is 6.84. The van der Waals surface area contributed by atoms with Crippen molar-refractivity contribution in [1.29, 1.82) is 0 Å². The molecule has 3 rings (SSSR count). The maximum Gasteiger partial charge on any atom is 0.0678 e. The van der Waals surface area contributed by atoms with Crippen molar-refractivity contribution >= 4 is 21.4 Å². The van der Waals surface area contributed by atoms with E-state index in [1.165, 1.54) is 15.6 Å². The maximum atomic E-state index is 6.10. The minimum atomic E-state index is 0.276. The zero-order chi connectivity index (χ0) is 14.1. The zero-order valence-corrected chi connectivity index (χ0v) is 12.9. The van der Waals surface area contributed by atoms with Crippen LogP contribution < -0.4 is 5.73 Å². The molecule has 1 fully saturated rings. The molecule has 1 aromatic heterocycles. The highest BCUT2D eigenvalue weighted by atomic mass is 32.1. The van der Waals surface area contributed by atoms with E-state index in [4.69, 9.17) is 10.5 Å². The van der Waals surface area contributed by atoms with Crippen LogP contribution in [0.5, 0.6) is 0 Å². The molecule has 0 spiro atoms. The van der Waals surface area contributed by atoms with E-state index in [-0.39, 0.29) is 12.2 Å². The first-order valence-electron chi connectivity index (χ1n) is 7.24. The molecule has 3 atom stereocenters. The molecule has 1 aromatic carbocycles. The average molecular weight is 290 g/mol. The number of rotatable bonds is 3. The Bertz CT molecular complexity index is 573. The summed E-state index contributed by atoms with van der Waals surface area (Å²) in [6.07, 6.45) is 0.551. The Balaban J connectivity index is 1.93. The lowest BCUT2D eigenvalue weighted by Crippen LogP contribution is -2.48. The molecule has 0 bridgehead atoms. The van der Waals surface area contributed by atoms with E-state index in [1.54, 1.807) is 0 Å². The van der Waals surface area contributed by atoms with Crippen molar-refractivity contribution in [3.8, 4) is 0 Å². The Labute approximate surface area is 124 Å². The number of hydrogen-bond donors (Lipinski definition) is 1. The first-order chi connectivity index (χ1) is 9.69. The molecular formula is C16H22N2OS. The number of fused-ring (bicyclic) bond motifs is 1. The van der Waals surface area contributed by atoms with Crippen LogP contribution in [-0.4, -0.2) is 36.7 Å². The van der Waals surface area contributed by atoms with Crippen molar-refractivity contribution < 1.29 is 4.74 Å². The first-order valence-corrected chi connectivity index (χ1v) is 8.12. The van der Waals surface area contributed by atoms with Crippen LogP contribution in [0.4, 0.5) is 0 Å². The number of hydrogen-bond acceptors (Lipinski definition) is 4. The SMILES string of the molecule is CC1CN(C(CN)c2csc3ccccc23)CC(C)O1. The Hall–Kier alpha value is -0.940. The molecule has 0 saturated carbocycles. The maximum absolute atomic E-state index is 6.10. The van der Waals surface area contributed by atoms with E-state index in [1.807, 2.05) is 11.3 Å². The molecule has 1 aliphatic heterocycles. The second-order valence-corrected chi connectivity index (χ2v) is 6.56. The summed E-state index contributed by atoms with van der Waals surface area (Å²) in [6, 6.07) is 8.88. The molecule has 20 heavy (non-hydrogen) atoms. The Morgan fingerprint density at radius 1 is 1.30 bits per heavy atom. The Kier molecular flexibility index (Phi) is 4.08. The standard InChI is InChI=1S/C16H22N2OS/c1-11-8-18(9-12(2)19-11)15(7-17)14-10-20-16-6-4-3-5-13(14)16/h3-6,10-12,15H,7-9,17H2,1-2H3. The Morgan fingerprint density at radius 2 is 2.00 bits per heavy atom. The normalized spacial score (nSPS) is 25.9. The van der Waals surface area contributed by atoms with Gasteiger partial charge in [0, 0.05) is 30.4 Å². The van der Waals surface area contributed by atoms with Crippen LogP contribution in [0, 0.1) is 0 Å². The van der Waals surface area contributed by atoms with Gasteiger partial charge in [-0.25, -0.2) is 0 Å². The molecule has 3 unspecified atom stereocenters. The molecule has 1 aliphatic rings. The summed E-state index contributed by atoms with van der Waals surface area (Å²) < 4.78 is 7.18. The van der Waals surface area contributed by atoms with Crippen LogP contribution in [0.1, 0.15) is 25.5 Å². The molecule has 2 aromatic rings. The van der Waals surface area contributed by atoms with Gasteiger partial charge < -0.3 is 10.5 Å². The third kappa shape index (κ3) is 2.61. The fourth-order valence-electron chi connectivity index (χ4n) is 3.20. The van der Waals surface area contributed by atoms with Crippen molar-refractivity contribution in [1.82, 2.24) is 4.90 Å². The highest BCUT2D eigenvalue weighted by Crippen LogP contribution is 2.33. The molecule has 0 aliphatic carbocycles. The number of nitrogens with two attached hydrogens (primary N) is 1. The van der Waals surface area contributed by atoms with Gasteiger partial charge in [0.15, 0.2) is 0 Å². The number of benzene rings is 1. The third-order valence-corrected chi connectivity index (χ3v) is 4.96. The van der Waals surface area contributed by atoms with Gasteiger partial charge >= 0.3 is 0 Å². The lowest BCUT2D eigenvalue weighted by molar-refractivity contribution is -0.0797. The van der Waals surface area contributed by atoms with Gasteiger partial charge in [-0.1, -0.05) is 18.2 Å². The topological polar surface area (TPSA) is 38.5 Å². The van der Waals surface area contributed by atoms with Crippen LogP contribution in [0.3, 0.4) is 0 Å². The van der Waals surface area contributed by atoms with Gasteiger partial charge in [-0.05, 0) is 36.2 Å². The molecule has 1 saturated heterocycles. The van der Waals surface area contributed by atoms with E-state index in [0.717, 1.165) is 13.1 Å². The van der Waals surface area contributed by atoms with Gasteiger partial charge in [-0.2, -0.15) is 0 Å². The summed E-state index contributed by atoms with van der Waals surface area (Å²) in [5.74, 6) is 0. The zero-order valence-electron chi connectivity index (χ0n) is 12.1. The average Bonchev–Trinajstić information content (AvgIpc) is 2.83. The minimum Gasteiger partial charge on any atom is -0.373 e. The van der Waals surface area contributed by atoms with Gasteiger partial charge in [0.2, 0.25) is 0 Å². The van der Waals surface area contributed by atoms with E-state index in [2.05, 4.69) is 48.4 Å². The largest absolute Gasteiger partial charge is 0.373 e. The van der Waals surface area contributed by atoms with Crippen LogP contribution in [-0.2, 0) is 4.74 Å². The summed E-state index contributed by atoms with van der Waals surface area (Å²) >= 11 is 1.81. The first kappa shape index (κ1) is 14.0. The van der Waals surface area contributed by atoms with Gasteiger partial charge in [0.25, 0.3) is 0 Å². The fourth-order valence-corrected chi connectivity index (χ4v) is 4.21. The second-order valence-electron chi connectivity index (χ2n) is 5.65. The van der Waals surface area contributed by atoms with Crippen molar-refractivity contribution in [2.24, 2.45) is 5.73 Å². The summed E-state index contributed by atoms with van der Waals surface area (Å²) in [7, 11) is 0. The van der Waals surface area contributed by atoms with Gasteiger partial charge in [0.05, 0.1) is 12.2 Å². The number of thiophene rings is 1. The molecule has 0 amide bonds. The molecular weight excluding hydrogens is 268 g/mol. The van der Waals surface area contributed by atoms with Crippen molar-refractivity contribution in [3.05, 3.63) is 35.2 Å². The Morgan fingerprint density at radius 3 is 2.70 bits per heavy atom. The number of nitrogens with zero attached hydrogens (tertiary/aromatic N) is 1. The molecule has 3 nitrogen and oxygen atoms in total. The van der Waals surface area contributed by atoms with Crippen molar-refractivity contribution in [2.45, 2.75) is 32.1 Å². The van der Waals surface area contributed by atoms with Gasteiger partial charge in [-0.15, -0.1) is 11.3 Å². The smallest absolute Gasteiger partial charge is 0.0678 e. The van der Waals surface area contributed by atoms with Gasteiger partial charge in [0.1, 0.15) is 0 Å². The lowest BCUT2D eigenvalue weighted by Gasteiger charge is -2.39. The number of ether oxygens (including phenoxy) is 1. The van der Waals surface area contributed by atoms with E-state index in [0.29, 0.717) is 12.6 Å². The van der Waals surface area contributed by atoms with Crippen molar-refractivity contribution in [2.75, 3.05) is 19.6 Å². The third-order valence-electron chi connectivity index (χ3n) is 3.98. The van der Waals surface area contributed by atoms with E-state index < -0.39 is 0 Å². The highest BCUT2D eigenvalue weighted by Gasteiger charge is 2.29. The van der Waals surface area contributed by atoms with Gasteiger partial charge in [-0.3, -0.25) is 4.90 Å². The quantitative estimate of drug-likeness (QED) is 0.944. The molecule has 4 heteroatoms. The van der Waals surface area contributed by atoms with Crippen LogP contribution in [0.15, 0.2) is 29.6 Å². The van der Waals surface area contributed by atoms with Crippen LogP contribution >= 0.6 is 11.3 Å². The van der Waals surface area contributed by atoms with Crippen LogP contribution in [0.25, 0.3) is 10.1 Å².